The van der Waals surface area contributed by atoms with Crippen molar-refractivity contribution in [3.63, 3.8) is 0 Å². The number of carbonyl (C=O) groups excluding carboxylic acids is 1. The number of benzene rings is 1. The second-order valence-corrected chi connectivity index (χ2v) is 6.19. The Morgan fingerprint density at radius 3 is 2.72 bits per heavy atom. The van der Waals surface area contributed by atoms with Crippen molar-refractivity contribution in [1.29, 1.82) is 0 Å². The third-order valence-electron chi connectivity index (χ3n) is 4.11. The lowest BCUT2D eigenvalue weighted by molar-refractivity contribution is -0.117. The first kappa shape index (κ1) is 16.9. The first-order valence-electron chi connectivity index (χ1n) is 8.45. The van der Waals surface area contributed by atoms with E-state index in [-0.39, 0.29) is 11.9 Å². The number of nitrogens with zero attached hydrogens (tertiary/aromatic N) is 3. The van der Waals surface area contributed by atoms with Gasteiger partial charge in [-0.25, -0.2) is 0 Å². The van der Waals surface area contributed by atoms with Crippen LogP contribution in [-0.4, -0.2) is 20.5 Å². The highest BCUT2D eigenvalue weighted by atomic mass is 16.1. The Hall–Kier alpha value is -2.95. The molecule has 1 N–H and O–H groups in total. The lowest BCUT2D eigenvalue weighted by Gasteiger charge is -2.11. The predicted molar refractivity (Wildman–Crippen MR) is 98.1 cm³/mol. The van der Waals surface area contributed by atoms with Gasteiger partial charge < -0.3 is 5.32 Å². The van der Waals surface area contributed by atoms with Crippen molar-refractivity contribution < 1.29 is 4.79 Å². The number of nitrogens with one attached hydrogen (secondary N) is 1. The predicted octanol–water partition coefficient (Wildman–Crippen LogP) is 3.49. The molecule has 3 aromatic rings. The number of fused-ring (bicyclic) bond motifs is 1. The molecule has 2 heterocycles. The summed E-state index contributed by atoms with van der Waals surface area (Å²) in [6.07, 6.45) is 5.36. The SMILES string of the molecule is C/C(=C/C(=O)N[C@@H](C)c1nnc2ccccn12)CCc1ccccc1. The van der Waals surface area contributed by atoms with Crippen LogP contribution in [0.5, 0.6) is 0 Å². The Morgan fingerprint density at radius 1 is 1.16 bits per heavy atom. The first-order valence-corrected chi connectivity index (χ1v) is 8.45. The van der Waals surface area contributed by atoms with Crippen LogP contribution in [0, 0.1) is 0 Å². The van der Waals surface area contributed by atoms with Crippen LogP contribution >= 0.6 is 0 Å². The fraction of sp³-hybridized carbons (Fsp3) is 0.250. The minimum absolute atomic E-state index is 0.106. The zero-order valence-corrected chi connectivity index (χ0v) is 14.5. The number of amides is 1. The quantitative estimate of drug-likeness (QED) is 0.702. The van der Waals surface area contributed by atoms with Gasteiger partial charge >= 0.3 is 0 Å². The van der Waals surface area contributed by atoms with E-state index in [1.807, 2.05) is 60.8 Å². The molecule has 25 heavy (non-hydrogen) atoms. The topological polar surface area (TPSA) is 59.3 Å². The van der Waals surface area contributed by atoms with Crippen molar-refractivity contribution in [3.8, 4) is 0 Å². The molecule has 5 nitrogen and oxygen atoms in total. The maximum Gasteiger partial charge on any atom is 0.244 e. The molecule has 0 spiro atoms. The number of hydrogen-bond donors (Lipinski definition) is 1. The zero-order chi connectivity index (χ0) is 17.6. The van der Waals surface area contributed by atoms with Gasteiger partial charge in [-0.2, -0.15) is 0 Å². The molecule has 1 atom stereocenters. The number of allylic oxidation sites excluding steroid dienone is 1. The van der Waals surface area contributed by atoms with Gasteiger partial charge in [-0.15, -0.1) is 10.2 Å². The summed E-state index contributed by atoms with van der Waals surface area (Å²) in [5, 5.41) is 11.3. The summed E-state index contributed by atoms with van der Waals surface area (Å²) in [7, 11) is 0. The number of aryl methyl sites for hydroxylation is 1. The first-order chi connectivity index (χ1) is 12.1. The lowest BCUT2D eigenvalue weighted by atomic mass is 10.1. The van der Waals surface area contributed by atoms with E-state index < -0.39 is 0 Å². The molecule has 0 fully saturated rings. The summed E-state index contributed by atoms with van der Waals surface area (Å²) in [5.74, 6) is 0.616. The standard InChI is InChI=1S/C20H22N4O/c1-15(11-12-17-8-4-3-5-9-17)14-19(25)21-16(2)20-23-22-18-10-6-7-13-24(18)20/h3-10,13-14,16H,11-12H2,1-2H3,(H,21,25)/b15-14-/t16-/m0/s1. The van der Waals surface area contributed by atoms with Gasteiger partial charge in [0, 0.05) is 12.3 Å². The van der Waals surface area contributed by atoms with Gasteiger partial charge in [0.1, 0.15) is 0 Å². The summed E-state index contributed by atoms with van der Waals surface area (Å²) in [4.78, 5) is 12.3. The number of aromatic nitrogens is 3. The highest BCUT2D eigenvalue weighted by Gasteiger charge is 2.14. The average molecular weight is 334 g/mol. The molecule has 3 rings (SSSR count). The Morgan fingerprint density at radius 2 is 1.92 bits per heavy atom. The van der Waals surface area contributed by atoms with Crippen molar-refractivity contribution in [2.75, 3.05) is 0 Å². The van der Waals surface area contributed by atoms with E-state index in [0.29, 0.717) is 0 Å². The summed E-state index contributed by atoms with van der Waals surface area (Å²) in [6, 6.07) is 15.8. The number of pyridine rings is 1. The third kappa shape index (κ3) is 4.32. The minimum Gasteiger partial charge on any atom is -0.343 e. The van der Waals surface area contributed by atoms with E-state index in [4.69, 9.17) is 0 Å². The van der Waals surface area contributed by atoms with Gasteiger partial charge in [0.2, 0.25) is 5.91 Å². The molecule has 0 aliphatic rings. The van der Waals surface area contributed by atoms with Crippen molar-refractivity contribution >= 4 is 11.6 Å². The molecule has 0 bridgehead atoms. The summed E-state index contributed by atoms with van der Waals surface area (Å²) >= 11 is 0. The summed E-state index contributed by atoms with van der Waals surface area (Å²) < 4.78 is 1.89. The van der Waals surface area contributed by atoms with Crippen LogP contribution in [0.4, 0.5) is 0 Å². The Labute approximate surface area is 147 Å². The van der Waals surface area contributed by atoms with E-state index in [1.54, 1.807) is 6.08 Å². The Bertz CT molecular complexity index is 883. The molecular formula is C20H22N4O. The van der Waals surface area contributed by atoms with Crippen LogP contribution in [0.3, 0.4) is 0 Å². The monoisotopic (exact) mass is 334 g/mol. The molecule has 0 aliphatic heterocycles. The minimum atomic E-state index is -0.219. The molecular weight excluding hydrogens is 312 g/mol. The maximum atomic E-state index is 12.3. The second-order valence-electron chi connectivity index (χ2n) is 6.19. The molecule has 0 saturated carbocycles. The highest BCUT2D eigenvalue weighted by molar-refractivity contribution is 5.88. The summed E-state index contributed by atoms with van der Waals surface area (Å²) in [5.41, 5.74) is 3.10. The van der Waals surface area contributed by atoms with Crippen LogP contribution in [0.25, 0.3) is 5.65 Å². The Kier molecular flexibility index (Phi) is 5.23. The maximum absolute atomic E-state index is 12.3. The molecule has 5 heteroatoms. The van der Waals surface area contributed by atoms with Crippen molar-refractivity contribution in [1.82, 2.24) is 19.9 Å². The Balaban J connectivity index is 1.59. The molecule has 2 aromatic heterocycles. The van der Waals surface area contributed by atoms with Crippen molar-refractivity contribution in [2.24, 2.45) is 0 Å². The van der Waals surface area contributed by atoms with Crippen LogP contribution in [0.1, 0.15) is 37.7 Å². The van der Waals surface area contributed by atoms with Gasteiger partial charge in [0.25, 0.3) is 0 Å². The van der Waals surface area contributed by atoms with E-state index in [2.05, 4.69) is 27.6 Å². The average Bonchev–Trinajstić information content (AvgIpc) is 3.05. The molecule has 128 valence electrons. The normalized spacial score (nSPS) is 13.0. The molecule has 0 aliphatic carbocycles. The smallest absolute Gasteiger partial charge is 0.244 e. The number of rotatable bonds is 6. The second kappa shape index (κ2) is 7.75. The molecule has 0 unspecified atom stereocenters. The third-order valence-corrected chi connectivity index (χ3v) is 4.11. The van der Waals surface area contributed by atoms with E-state index in [9.17, 15) is 4.79 Å². The van der Waals surface area contributed by atoms with E-state index in [0.717, 1.165) is 29.9 Å². The van der Waals surface area contributed by atoms with Crippen LogP contribution < -0.4 is 5.32 Å². The summed E-state index contributed by atoms with van der Waals surface area (Å²) in [6.45, 7) is 3.90. The highest BCUT2D eigenvalue weighted by Crippen LogP contribution is 2.12. The molecule has 0 radical (unpaired) electrons. The van der Waals surface area contributed by atoms with Gasteiger partial charge in [-0.3, -0.25) is 9.20 Å². The van der Waals surface area contributed by atoms with Crippen molar-refractivity contribution in [3.05, 3.63) is 77.8 Å². The van der Waals surface area contributed by atoms with Crippen LogP contribution in [0.2, 0.25) is 0 Å². The number of hydrogen-bond acceptors (Lipinski definition) is 3. The molecule has 1 amide bonds. The van der Waals surface area contributed by atoms with Crippen LogP contribution in [-0.2, 0) is 11.2 Å². The van der Waals surface area contributed by atoms with Gasteiger partial charge in [0.15, 0.2) is 11.5 Å². The van der Waals surface area contributed by atoms with Gasteiger partial charge in [-0.1, -0.05) is 42.0 Å². The fourth-order valence-corrected chi connectivity index (χ4v) is 2.76. The largest absolute Gasteiger partial charge is 0.343 e. The molecule has 1 aromatic carbocycles. The van der Waals surface area contributed by atoms with Gasteiger partial charge in [-0.05, 0) is 44.4 Å². The van der Waals surface area contributed by atoms with Gasteiger partial charge in [0.05, 0.1) is 6.04 Å². The van der Waals surface area contributed by atoms with E-state index >= 15 is 0 Å². The fourth-order valence-electron chi connectivity index (χ4n) is 2.76. The van der Waals surface area contributed by atoms with Crippen LogP contribution in [0.15, 0.2) is 66.4 Å². The molecule has 0 saturated heterocycles. The zero-order valence-electron chi connectivity index (χ0n) is 14.5. The van der Waals surface area contributed by atoms with E-state index in [1.165, 1.54) is 5.56 Å². The van der Waals surface area contributed by atoms with Crippen molar-refractivity contribution in [2.45, 2.75) is 32.7 Å². The number of carbonyl (C=O) groups is 1. The lowest BCUT2D eigenvalue weighted by Crippen LogP contribution is -2.26.